The third kappa shape index (κ3) is 3.39. The summed E-state index contributed by atoms with van der Waals surface area (Å²) in [5.74, 6) is 0.352. The van der Waals surface area contributed by atoms with Gasteiger partial charge in [0.2, 0.25) is 11.5 Å². The summed E-state index contributed by atoms with van der Waals surface area (Å²) in [5, 5.41) is 15.4. The Balaban J connectivity index is 2.02. The standard InChI is InChI=1S/C12H17F3N4O2S/c1-19-5-4-17-10(19)11(21,12(13,14)15)2-3-16-9(20)8-6-22-7-18-8/h4-5,8,18,21H,2-3,6-7H2,1H3,(H,16,20)/t8-,11+/m0/s1. The molecule has 1 aromatic rings. The summed E-state index contributed by atoms with van der Waals surface area (Å²) in [6.45, 7) is -0.301. The van der Waals surface area contributed by atoms with Gasteiger partial charge in [-0.3, -0.25) is 10.1 Å². The zero-order valence-electron chi connectivity index (χ0n) is 11.9. The van der Waals surface area contributed by atoms with Crippen LogP contribution in [0.2, 0.25) is 0 Å². The average Bonchev–Trinajstić information content (AvgIpc) is 3.07. The zero-order chi connectivity index (χ0) is 16.4. The predicted octanol–water partition coefficient (Wildman–Crippen LogP) is 0.339. The second-order valence-corrected chi connectivity index (χ2v) is 6.06. The summed E-state index contributed by atoms with van der Waals surface area (Å²) in [5.41, 5.74) is -3.10. The number of amides is 1. The van der Waals surface area contributed by atoms with Gasteiger partial charge in [0, 0.05) is 44.0 Å². The van der Waals surface area contributed by atoms with Crippen molar-refractivity contribution in [2.24, 2.45) is 7.05 Å². The highest BCUT2D eigenvalue weighted by Crippen LogP contribution is 2.40. The number of nitrogens with zero attached hydrogens (tertiary/aromatic N) is 2. The lowest BCUT2D eigenvalue weighted by Gasteiger charge is -2.30. The summed E-state index contributed by atoms with van der Waals surface area (Å²) in [7, 11) is 1.37. The minimum absolute atomic E-state index is 0.301. The fourth-order valence-corrected chi connectivity index (χ4v) is 3.14. The molecule has 0 aliphatic carbocycles. The maximum atomic E-state index is 13.2. The molecular formula is C12H17F3N4O2S. The van der Waals surface area contributed by atoms with Gasteiger partial charge in [0.15, 0.2) is 0 Å². The third-order valence-corrected chi connectivity index (χ3v) is 4.42. The van der Waals surface area contributed by atoms with Gasteiger partial charge in [-0.2, -0.15) is 13.2 Å². The molecule has 2 rings (SSSR count). The lowest BCUT2D eigenvalue weighted by molar-refractivity contribution is -0.272. The molecular weight excluding hydrogens is 321 g/mol. The van der Waals surface area contributed by atoms with Crippen molar-refractivity contribution in [3.05, 3.63) is 18.2 Å². The first-order valence-corrected chi connectivity index (χ1v) is 7.77. The molecule has 3 N–H and O–H groups in total. The molecule has 22 heavy (non-hydrogen) atoms. The number of thioether (sulfide) groups is 1. The number of alkyl halides is 3. The Morgan fingerprint density at radius 2 is 2.36 bits per heavy atom. The van der Waals surface area contributed by atoms with Gasteiger partial charge < -0.3 is 15.0 Å². The van der Waals surface area contributed by atoms with Gasteiger partial charge in [0.25, 0.3) is 0 Å². The van der Waals surface area contributed by atoms with Crippen LogP contribution >= 0.6 is 11.8 Å². The second kappa shape index (κ2) is 6.47. The van der Waals surface area contributed by atoms with Crippen LogP contribution in [0.25, 0.3) is 0 Å². The van der Waals surface area contributed by atoms with Gasteiger partial charge in [0.1, 0.15) is 5.82 Å². The van der Waals surface area contributed by atoms with Crippen LogP contribution in [0.1, 0.15) is 12.2 Å². The third-order valence-electron chi connectivity index (χ3n) is 3.48. The number of nitrogens with one attached hydrogen (secondary N) is 2. The van der Waals surface area contributed by atoms with Crippen LogP contribution in [0, 0.1) is 0 Å². The summed E-state index contributed by atoms with van der Waals surface area (Å²) >= 11 is 1.54. The molecule has 124 valence electrons. The van der Waals surface area contributed by atoms with E-state index < -0.39 is 30.1 Å². The number of carbonyl (C=O) groups is 1. The fourth-order valence-electron chi connectivity index (χ4n) is 2.20. The Kier molecular flexibility index (Phi) is 5.03. The van der Waals surface area contributed by atoms with Gasteiger partial charge in [-0.15, -0.1) is 11.8 Å². The maximum absolute atomic E-state index is 13.2. The van der Waals surface area contributed by atoms with Crippen LogP contribution in [0.15, 0.2) is 12.4 Å². The molecule has 1 aliphatic heterocycles. The van der Waals surface area contributed by atoms with E-state index in [0.29, 0.717) is 11.6 Å². The largest absolute Gasteiger partial charge is 0.424 e. The highest BCUT2D eigenvalue weighted by Gasteiger charge is 2.57. The number of halogens is 3. The molecule has 0 bridgehead atoms. The van der Waals surface area contributed by atoms with Gasteiger partial charge in [-0.25, -0.2) is 4.98 Å². The van der Waals surface area contributed by atoms with Crippen molar-refractivity contribution in [3.63, 3.8) is 0 Å². The van der Waals surface area contributed by atoms with Crippen molar-refractivity contribution < 1.29 is 23.1 Å². The Labute approximate surface area is 129 Å². The number of imidazole rings is 1. The quantitative estimate of drug-likeness (QED) is 0.722. The van der Waals surface area contributed by atoms with E-state index in [2.05, 4.69) is 15.6 Å². The molecule has 6 nitrogen and oxygen atoms in total. The smallest absolute Gasteiger partial charge is 0.374 e. The number of aromatic nitrogens is 2. The predicted molar refractivity (Wildman–Crippen MR) is 75.0 cm³/mol. The average molecular weight is 338 g/mol. The Morgan fingerprint density at radius 1 is 1.64 bits per heavy atom. The minimum Gasteiger partial charge on any atom is -0.374 e. The Morgan fingerprint density at radius 3 is 2.86 bits per heavy atom. The molecule has 0 radical (unpaired) electrons. The summed E-state index contributed by atoms with van der Waals surface area (Å²) in [6, 6.07) is -0.405. The molecule has 1 aromatic heterocycles. The molecule has 2 atom stereocenters. The summed E-state index contributed by atoms with van der Waals surface area (Å²) in [6.07, 6.45) is -3.08. The molecule has 0 spiro atoms. The number of aliphatic hydroxyl groups is 1. The van der Waals surface area contributed by atoms with Crippen LogP contribution in [0.3, 0.4) is 0 Å². The molecule has 0 saturated carbocycles. The molecule has 0 unspecified atom stereocenters. The van der Waals surface area contributed by atoms with Crippen LogP contribution in [0.5, 0.6) is 0 Å². The lowest BCUT2D eigenvalue weighted by atomic mass is 9.97. The lowest BCUT2D eigenvalue weighted by Crippen LogP contribution is -2.48. The van der Waals surface area contributed by atoms with Crippen LogP contribution in [0.4, 0.5) is 13.2 Å². The summed E-state index contributed by atoms with van der Waals surface area (Å²) in [4.78, 5) is 15.4. The Hall–Kier alpha value is -1.26. The van der Waals surface area contributed by atoms with E-state index in [1.54, 1.807) is 0 Å². The first kappa shape index (κ1) is 17.1. The first-order valence-electron chi connectivity index (χ1n) is 6.61. The highest BCUT2D eigenvalue weighted by atomic mass is 32.2. The number of carbonyl (C=O) groups excluding carboxylic acids is 1. The van der Waals surface area contributed by atoms with E-state index in [-0.39, 0.29) is 12.5 Å². The van der Waals surface area contributed by atoms with Crippen LogP contribution in [-0.2, 0) is 17.4 Å². The minimum atomic E-state index is -4.89. The number of rotatable bonds is 5. The van der Waals surface area contributed by atoms with E-state index in [0.717, 1.165) is 4.57 Å². The van der Waals surface area contributed by atoms with Gasteiger partial charge >= 0.3 is 6.18 Å². The molecule has 1 amide bonds. The normalized spacial score (nSPS) is 21.6. The second-order valence-electron chi connectivity index (χ2n) is 5.03. The van der Waals surface area contributed by atoms with Crippen LogP contribution in [-0.4, -0.2) is 51.0 Å². The van der Waals surface area contributed by atoms with Gasteiger partial charge in [-0.1, -0.05) is 0 Å². The first-order chi connectivity index (χ1) is 10.3. The molecule has 2 heterocycles. The van der Waals surface area contributed by atoms with E-state index >= 15 is 0 Å². The van der Waals surface area contributed by atoms with E-state index in [1.807, 2.05) is 0 Å². The van der Waals surface area contributed by atoms with Crippen LogP contribution < -0.4 is 10.6 Å². The van der Waals surface area contributed by atoms with E-state index in [9.17, 15) is 23.1 Å². The van der Waals surface area contributed by atoms with Crippen molar-refractivity contribution in [1.29, 1.82) is 0 Å². The maximum Gasteiger partial charge on any atom is 0.424 e. The van der Waals surface area contributed by atoms with E-state index in [1.165, 1.54) is 31.2 Å². The van der Waals surface area contributed by atoms with Gasteiger partial charge in [0.05, 0.1) is 6.04 Å². The van der Waals surface area contributed by atoms with Crippen molar-refractivity contribution >= 4 is 17.7 Å². The van der Waals surface area contributed by atoms with Crippen molar-refractivity contribution in [2.45, 2.75) is 24.2 Å². The highest BCUT2D eigenvalue weighted by molar-refractivity contribution is 7.99. The zero-order valence-corrected chi connectivity index (χ0v) is 12.7. The van der Waals surface area contributed by atoms with Gasteiger partial charge in [-0.05, 0) is 0 Å². The molecule has 0 aromatic carbocycles. The van der Waals surface area contributed by atoms with Crippen molar-refractivity contribution in [1.82, 2.24) is 20.2 Å². The SMILES string of the molecule is Cn1ccnc1[C@](O)(CCNC(=O)[C@@H]1CSCN1)C(F)(F)F. The van der Waals surface area contributed by atoms with E-state index in [4.69, 9.17) is 0 Å². The van der Waals surface area contributed by atoms with Crippen molar-refractivity contribution in [2.75, 3.05) is 18.2 Å². The molecule has 1 aliphatic rings. The number of aryl methyl sites for hydroxylation is 1. The topological polar surface area (TPSA) is 79.2 Å². The Bertz CT molecular complexity index is 531. The molecule has 1 fully saturated rings. The molecule has 10 heteroatoms. The van der Waals surface area contributed by atoms with Crippen molar-refractivity contribution in [3.8, 4) is 0 Å². The summed E-state index contributed by atoms with van der Waals surface area (Å²) < 4.78 is 40.8. The fraction of sp³-hybridized carbons (Fsp3) is 0.667. The monoisotopic (exact) mass is 338 g/mol. The molecule has 1 saturated heterocycles. The number of hydrogen-bond donors (Lipinski definition) is 3. The number of hydrogen-bond acceptors (Lipinski definition) is 5.